The molecule has 4 rings (SSSR count). The van der Waals surface area contributed by atoms with Gasteiger partial charge in [-0.15, -0.1) is 5.06 Å². The molecule has 8 heteroatoms. The molecule has 2 aliphatic rings. The van der Waals surface area contributed by atoms with Gasteiger partial charge in [0.15, 0.2) is 0 Å². The zero-order valence-electron chi connectivity index (χ0n) is 17.8. The van der Waals surface area contributed by atoms with Crippen molar-refractivity contribution < 1.29 is 19.2 Å². The Balaban J connectivity index is 1.33. The predicted octanol–water partition coefficient (Wildman–Crippen LogP) is 2.68. The number of rotatable bonds is 4. The average molecular weight is 422 g/mol. The van der Waals surface area contributed by atoms with Crippen LogP contribution in [-0.2, 0) is 21.0 Å². The Morgan fingerprint density at radius 2 is 1.74 bits per heavy atom. The maximum atomic E-state index is 12.3. The zero-order chi connectivity index (χ0) is 22.0. The quantitative estimate of drug-likeness (QED) is 0.705. The summed E-state index contributed by atoms with van der Waals surface area (Å²) in [4.78, 5) is 48.7. The molecule has 2 aromatic rings. The minimum absolute atomic E-state index is 0.0956. The average Bonchev–Trinajstić information content (AvgIpc) is 3.08. The van der Waals surface area contributed by atoms with Crippen molar-refractivity contribution in [2.45, 2.75) is 33.2 Å². The lowest BCUT2D eigenvalue weighted by atomic mass is 9.98. The second-order valence-corrected chi connectivity index (χ2v) is 7.98. The van der Waals surface area contributed by atoms with Crippen molar-refractivity contribution in [2.24, 2.45) is 0 Å². The molecule has 2 saturated heterocycles. The van der Waals surface area contributed by atoms with Crippen LogP contribution in [0.2, 0.25) is 0 Å². The Labute approximate surface area is 181 Å². The fourth-order valence-electron chi connectivity index (χ4n) is 3.95. The fraction of sp³-hybridized carbons (Fsp3) is 0.391. The Bertz CT molecular complexity index is 998. The van der Waals surface area contributed by atoms with Gasteiger partial charge in [-0.2, -0.15) is 0 Å². The van der Waals surface area contributed by atoms with Crippen molar-refractivity contribution in [3.05, 3.63) is 53.3 Å². The van der Waals surface area contributed by atoms with Crippen LogP contribution in [0.1, 0.15) is 29.7 Å². The van der Waals surface area contributed by atoms with E-state index in [1.54, 1.807) is 6.20 Å². The van der Waals surface area contributed by atoms with E-state index in [1.807, 2.05) is 13.0 Å². The van der Waals surface area contributed by atoms with Gasteiger partial charge in [-0.25, -0.2) is 4.79 Å². The molecule has 0 unspecified atom stereocenters. The van der Waals surface area contributed by atoms with E-state index in [0.29, 0.717) is 31.2 Å². The van der Waals surface area contributed by atoms with Crippen molar-refractivity contribution in [1.82, 2.24) is 19.8 Å². The van der Waals surface area contributed by atoms with Crippen LogP contribution in [0.4, 0.5) is 4.79 Å². The molecule has 8 nitrogen and oxygen atoms in total. The van der Waals surface area contributed by atoms with Gasteiger partial charge in [0.2, 0.25) is 0 Å². The van der Waals surface area contributed by atoms with Gasteiger partial charge >= 0.3 is 6.09 Å². The molecular formula is C23H26N4O4. The van der Waals surface area contributed by atoms with E-state index in [0.717, 1.165) is 23.4 Å². The van der Waals surface area contributed by atoms with Crippen LogP contribution in [0.15, 0.2) is 36.5 Å². The number of aryl methyl sites for hydroxylation is 2. The number of imide groups is 1. The van der Waals surface area contributed by atoms with Crippen molar-refractivity contribution in [2.75, 3.05) is 26.2 Å². The molecule has 1 aromatic carbocycles. The molecule has 162 valence electrons. The molecule has 0 bridgehead atoms. The molecule has 1 aromatic heterocycles. The van der Waals surface area contributed by atoms with Gasteiger partial charge in [-0.05, 0) is 36.6 Å². The number of nitrogens with zero attached hydrogens (tertiary/aromatic N) is 4. The minimum atomic E-state index is -0.643. The molecule has 0 N–H and O–H groups in total. The predicted molar refractivity (Wildman–Crippen MR) is 114 cm³/mol. The van der Waals surface area contributed by atoms with Crippen LogP contribution in [0, 0.1) is 13.8 Å². The SMILES string of the molecule is Cc1cc(-c2cccnc2C)ccc1CN1CCN(C(=O)ON2C(=O)CCC2=O)CC1. The normalized spacial score (nSPS) is 17.4. The lowest BCUT2D eigenvalue weighted by Crippen LogP contribution is -2.50. The molecule has 2 fully saturated rings. The topological polar surface area (TPSA) is 83.1 Å². The second-order valence-electron chi connectivity index (χ2n) is 7.98. The summed E-state index contributed by atoms with van der Waals surface area (Å²) < 4.78 is 0. The number of hydroxylamine groups is 2. The molecule has 0 spiro atoms. The summed E-state index contributed by atoms with van der Waals surface area (Å²) in [7, 11) is 0. The number of hydrogen-bond acceptors (Lipinski definition) is 6. The highest BCUT2D eigenvalue weighted by Crippen LogP contribution is 2.25. The molecule has 31 heavy (non-hydrogen) atoms. The van der Waals surface area contributed by atoms with Gasteiger partial charge in [0.1, 0.15) is 0 Å². The Kier molecular flexibility index (Phi) is 5.99. The molecule has 0 aliphatic carbocycles. The summed E-state index contributed by atoms with van der Waals surface area (Å²) in [5.74, 6) is -0.922. The van der Waals surface area contributed by atoms with Crippen LogP contribution in [0.3, 0.4) is 0 Å². The van der Waals surface area contributed by atoms with E-state index >= 15 is 0 Å². The first-order chi connectivity index (χ1) is 14.9. The monoisotopic (exact) mass is 422 g/mol. The Morgan fingerprint density at radius 3 is 2.39 bits per heavy atom. The maximum Gasteiger partial charge on any atom is 0.434 e. The van der Waals surface area contributed by atoms with Gasteiger partial charge in [0, 0.05) is 63.0 Å². The number of aromatic nitrogens is 1. The first-order valence-electron chi connectivity index (χ1n) is 10.5. The highest BCUT2D eigenvalue weighted by Gasteiger charge is 2.34. The third-order valence-corrected chi connectivity index (χ3v) is 5.86. The lowest BCUT2D eigenvalue weighted by Gasteiger charge is -2.34. The highest BCUT2D eigenvalue weighted by atomic mass is 16.7. The lowest BCUT2D eigenvalue weighted by molar-refractivity contribution is -0.174. The number of carbonyl (C=O) groups is 3. The number of hydrogen-bond donors (Lipinski definition) is 0. The summed E-state index contributed by atoms with van der Waals surface area (Å²) in [6.45, 7) is 7.28. The first kappa shape index (κ1) is 21.0. The first-order valence-corrected chi connectivity index (χ1v) is 10.5. The molecule has 3 heterocycles. The van der Waals surface area contributed by atoms with E-state index in [2.05, 4.69) is 41.1 Å². The summed E-state index contributed by atoms with van der Waals surface area (Å²) in [6, 6.07) is 10.5. The third-order valence-electron chi connectivity index (χ3n) is 5.86. The molecule has 2 aliphatic heterocycles. The zero-order valence-corrected chi connectivity index (χ0v) is 17.8. The van der Waals surface area contributed by atoms with E-state index in [-0.39, 0.29) is 12.8 Å². The van der Waals surface area contributed by atoms with Crippen LogP contribution >= 0.6 is 0 Å². The van der Waals surface area contributed by atoms with E-state index in [9.17, 15) is 14.4 Å². The molecule has 0 radical (unpaired) electrons. The smallest absolute Gasteiger partial charge is 0.311 e. The van der Waals surface area contributed by atoms with E-state index in [1.165, 1.54) is 16.0 Å². The van der Waals surface area contributed by atoms with E-state index in [4.69, 9.17) is 4.84 Å². The van der Waals surface area contributed by atoms with Crippen molar-refractivity contribution >= 4 is 17.9 Å². The summed E-state index contributed by atoms with van der Waals surface area (Å²) in [6.07, 6.45) is 1.35. The standard InChI is InChI=1S/C23H26N4O4/c1-16-14-18(20-4-3-9-24-17(20)2)5-6-19(16)15-25-10-12-26(13-11-25)23(30)31-27-21(28)7-8-22(27)29/h3-6,9,14H,7-8,10-13,15H2,1-2H3. The molecule has 0 saturated carbocycles. The van der Waals surface area contributed by atoms with Crippen LogP contribution < -0.4 is 0 Å². The third kappa shape index (κ3) is 4.59. The van der Waals surface area contributed by atoms with Gasteiger partial charge in [-0.1, -0.05) is 24.3 Å². The highest BCUT2D eigenvalue weighted by molar-refractivity contribution is 6.01. The number of carbonyl (C=O) groups excluding carboxylic acids is 3. The van der Waals surface area contributed by atoms with Crippen LogP contribution in [0.5, 0.6) is 0 Å². The number of piperazine rings is 1. The number of pyridine rings is 1. The van der Waals surface area contributed by atoms with E-state index < -0.39 is 17.9 Å². The Hall–Kier alpha value is -3.26. The number of benzene rings is 1. The molecule has 0 atom stereocenters. The summed E-state index contributed by atoms with van der Waals surface area (Å²) in [5, 5.41) is 0.601. The Morgan fingerprint density at radius 1 is 1.03 bits per heavy atom. The molecular weight excluding hydrogens is 396 g/mol. The summed E-state index contributed by atoms with van der Waals surface area (Å²) in [5.41, 5.74) is 5.77. The van der Waals surface area contributed by atoms with Crippen LogP contribution in [-0.4, -0.2) is 63.9 Å². The van der Waals surface area contributed by atoms with Crippen LogP contribution in [0.25, 0.3) is 11.1 Å². The van der Waals surface area contributed by atoms with Gasteiger partial charge in [0.05, 0.1) is 0 Å². The van der Waals surface area contributed by atoms with Crippen molar-refractivity contribution in [1.29, 1.82) is 0 Å². The largest absolute Gasteiger partial charge is 0.434 e. The van der Waals surface area contributed by atoms with Crippen molar-refractivity contribution in [3.63, 3.8) is 0 Å². The second kappa shape index (κ2) is 8.85. The fourth-order valence-corrected chi connectivity index (χ4v) is 3.95. The molecule has 3 amide bonds. The minimum Gasteiger partial charge on any atom is -0.311 e. The van der Waals surface area contributed by atoms with Gasteiger partial charge < -0.3 is 9.74 Å². The van der Waals surface area contributed by atoms with Gasteiger partial charge in [-0.3, -0.25) is 19.5 Å². The van der Waals surface area contributed by atoms with Crippen molar-refractivity contribution in [3.8, 4) is 11.1 Å². The maximum absolute atomic E-state index is 12.3. The van der Waals surface area contributed by atoms with Gasteiger partial charge in [0.25, 0.3) is 11.8 Å². The number of amides is 3. The summed E-state index contributed by atoms with van der Waals surface area (Å²) >= 11 is 0.